The largest absolute Gasteiger partial charge is 0.393 e. The highest BCUT2D eigenvalue weighted by molar-refractivity contribution is 5.74. The first-order valence-electron chi connectivity index (χ1n) is 8.54. The van der Waals surface area contributed by atoms with E-state index in [9.17, 15) is 0 Å². The molecule has 8 heteroatoms. The summed E-state index contributed by atoms with van der Waals surface area (Å²) in [7, 11) is 0. The second kappa shape index (κ2) is 9.05. The number of rotatable bonds is 8. The number of nitrogens with two attached hydrogens (primary N) is 1. The summed E-state index contributed by atoms with van der Waals surface area (Å²) in [5.41, 5.74) is 13.7. The molecule has 0 radical (unpaired) electrons. The lowest BCUT2D eigenvalue weighted by Crippen LogP contribution is -2.37. The highest BCUT2D eigenvalue weighted by Gasteiger charge is 2.10. The number of morpholine rings is 1. The maximum Gasteiger partial charge on any atom is 0.173 e. The van der Waals surface area contributed by atoms with Gasteiger partial charge in [0.15, 0.2) is 11.6 Å². The fourth-order valence-corrected chi connectivity index (χ4v) is 2.62. The van der Waals surface area contributed by atoms with Gasteiger partial charge in [-0.05, 0) is 25.1 Å². The molecule has 0 spiro atoms. The van der Waals surface area contributed by atoms with Crippen LogP contribution in [0.1, 0.15) is 6.42 Å². The first-order chi connectivity index (χ1) is 12.3. The van der Waals surface area contributed by atoms with Crippen LogP contribution in [-0.2, 0) is 4.74 Å². The number of hydrazine groups is 1. The number of hydrogen-bond acceptors (Lipinski definition) is 8. The smallest absolute Gasteiger partial charge is 0.173 e. The van der Waals surface area contributed by atoms with Crippen molar-refractivity contribution in [1.29, 1.82) is 0 Å². The topological polar surface area (TPSA) is 100 Å². The van der Waals surface area contributed by atoms with E-state index in [-0.39, 0.29) is 0 Å². The molecular weight excluding hydrogens is 318 g/mol. The number of aromatic nitrogens is 2. The second-order valence-electron chi connectivity index (χ2n) is 5.83. The number of nitrogens with zero attached hydrogens (tertiary/aromatic N) is 3. The minimum atomic E-state index is 0.498. The van der Waals surface area contributed by atoms with Crippen LogP contribution >= 0.6 is 0 Å². The van der Waals surface area contributed by atoms with Crippen LogP contribution in [0.25, 0.3) is 0 Å². The van der Waals surface area contributed by atoms with Crippen LogP contribution in [0, 0.1) is 0 Å². The Hall–Kier alpha value is -2.58. The highest BCUT2D eigenvalue weighted by atomic mass is 16.5. The standard InChI is InChI=1S/C17H25N7O/c18-15-16(19-7-4-8-24-9-11-25-12-10-24)20-13-21-17(15)23-22-14-5-2-1-3-6-14/h1-3,5-6,13,22H,4,7-12,18H2,(H2,19,20,21,23). The van der Waals surface area contributed by atoms with Gasteiger partial charge in [-0.25, -0.2) is 9.97 Å². The molecule has 5 N–H and O–H groups in total. The monoisotopic (exact) mass is 343 g/mol. The van der Waals surface area contributed by atoms with Crippen molar-refractivity contribution in [2.45, 2.75) is 6.42 Å². The molecule has 0 aliphatic carbocycles. The zero-order valence-corrected chi connectivity index (χ0v) is 14.2. The van der Waals surface area contributed by atoms with E-state index in [0.29, 0.717) is 17.3 Å². The van der Waals surface area contributed by atoms with Gasteiger partial charge in [0, 0.05) is 19.6 Å². The van der Waals surface area contributed by atoms with Crippen molar-refractivity contribution in [3.63, 3.8) is 0 Å². The predicted molar refractivity (Wildman–Crippen MR) is 100 cm³/mol. The Morgan fingerprint density at radius 3 is 2.60 bits per heavy atom. The molecule has 8 nitrogen and oxygen atoms in total. The van der Waals surface area contributed by atoms with E-state index in [4.69, 9.17) is 10.5 Å². The third-order valence-electron chi connectivity index (χ3n) is 4.03. The lowest BCUT2D eigenvalue weighted by molar-refractivity contribution is 0.0378. The molecule has 1 saturated heterocycles. The molecule has 1 aliphatic rings. The van der Waals surface area contributed by atoms with Gasteiger partial charge in [0.2, 0.25) is 0 Å². The number of nitrogens with one attached hydrogen (secondary N) is 3. The average Bonchev–Trinajstić information content (AvgIpc) is 2.67. The molecule has 2 aromatic rings. The van der Waals surface area contributed by atoms with Crippen LogP contribution in [0.5, 0.6) is 0 Å². The van der Waals surface area contributed by atoms with Gasteiger partial charge in [0.1, 0.15) is 12.0 Å². The third-order valence-corrected chi connectivity index (χ3v) is 4.03. The summed E-state index contributed by atoms with van der Waals surface area (Å²) in [6.07, 6.45) is 2.52. The van der Waals surface area contributed by atoms with Crippen molar-refractivity contribution < 1.29 is 4.74 Å². The molecule has 1 aromatic heterocycles. The number of ether oxygens (including phenoxy) is 1. The molecule has 1 fully saturated rings. The van der Waals surface area contributed by atoms with E-state index in [0.717, 1.165) is 51.5 Å². The van der Waals surface area contributed by atoms with Gasteiger partial charge >= 0.3 is 0 Å². The number of benzene rings is 1. The molecule has 3 rings (SSSR count). The van der Waals surface area contributed by atoms with E-state index in [1.807, 2.05) is 30.3 Å². The van der Waals surface area contributed by atoms with Crippen LogP contribution in [0.15, 0.2) is 36.7 Å². The third kappa shape index (κ3) is 5.20. The van der Waals surface area contributed by atoms with Crippen molar-refractivity contribution in [2.24, 2.45) is 0 Å². The van der Waals surface area contributed by atoms with Crippen LogP contribution in [0.4, 0.5) is 23.0 Å². The van der Waals surface area contributed by atoms with Crippen molar-refractivity contribution in [3.8, 4) is 0 Å². The maximum atomic E-state index is 6.16. The van der Waals surface area contributed by atoms with E-state index in [2.05, 4.69) is 31.0 Å². The molecule has 1 aliphatic heterocycles. The number of anilines is 4. The van der Waals surface area contributed by atoms with Crippen LogP contribution in [-0.4, -0.2) is 54.3 Å². The van der Waals surface area contributed by atoms with Gasteiger partial charge in [-0.3, -0.25) is 15.8 Å². The normalized spacial score (nSPS) is 14.9. The van der Waals surface area contributed by atoms with Gasteiger partial charge in [0.05, 0.1) is 18.9 Å². The van der Waals surface area contributed by atoms with Crippen LogP contribution < -0.4 is 21.9 Å². The molecule has 0 atom stereocenters. The number of hydrogen-bond donors (Lipinski definition) is 4. The van der Waals surface area contributed by atoms with E-state index in [1.165, 1.54) is 6.33 Å². The average molecular weight is 343 g/mol. The second-order valence-corrected chi connectivity index (χ2v) is 5.83. The summed E-state index contributed by atoms with van der Waals surface area (Å²) in [5.74, 6) is 1.20. The van der Waals surface area contributed by atoms with E-state index in [1.54, 1.807) is 0 Å². The van der Waals surface area contributed by atoms with E-state index >= 15 is 0 Å². The molecule has 134 valence electrons. The van der Waals surface area contributed by atoms with Gasteiger partial charge < -0.3 is 15.8 Å². The van der Waals surface area contributed by atoms with Crippen molar-refractivity contribution in [2.75, 3.05) is 61.3 Å². The molecule has 0 saturated carbocycles. The Morgan fingerprint density at radius 1 is 1.04 bits per heavy atom. The Labute approximate surface area is 147 Å². The first-order valence-corrected chi connectivity index (χ1v) is 8.54. The molecule has 0 bridgehead atoms. The summed E-state index contributed by atoms with van der Waals surface area (Å²) in [6.45, 7) is 5.53. The molecule has 1 aromatic carbocycles. The molecule has 0 amide bonds. The summed E-state index contributed by atoms with van der Waals surface area (Å²) in [4.78, 5) is 10.8. The number of nitrogen functional groups attached to an aromatic ring is 1. The van der Waals surface area contributed by atoms with Crippen LogP contribution in [0.3, 0.4) is 0 Å². The SMILES string of the molecule is Nc1c(NCCCN2CCOCC2)ncnc1NNc1ccccc1. The highest BCUT2D eigenvalue weighted by Crippen LogP contribution is 2.22. The lowest BCUT2D eigenvalue weighted by Gasteiger charge is -2.26. The van der Waals surface area contributed by atoms with Gasteiger partial charge in [-0.2, -0.15) is 0 Å². The summed E-state index contributed by atoms with van der Waals surface area (Å²) < 4.78 is 5.36. The van der Waals surface area contributed by atoms with Gasteiger partial charge in [-0.1, -0.05) is 18.2 Å². The van der Waals surface area contributed by atoms with Crippen molar-refractivity contribution >= 4 is 23.0 Å². The Balaban J connectivity index is 1.46. The maximum absolute atomic E-state index is 6.16. The fraction of sp³-hybridized carbons (Fsp3) is 0.412. The Bertz CT molecular complexity index is 647. The lowest BCUT2D eigenvalue weighted by atomic mass is 10.3. The van der Waals surface area contributed by atoms with Crippen molar-refractivity contribution in [1.82, 2.24) is 14.9 Å². The van der Waals surface area contributed by atoms with Gasteiger partial charge in [-0.15, -0.1) is 0 Å². The minimum Gasteiger partial charge on any atom is -0.393 e. The van der Waals surface area contributed by atoms with Gasteiger partial charge in [0.25, 0.3) is 0 Å². The summed E-state index contributed by atoms with van der Waals surface area (Å²) in [6, 6.07) is 9.77. The summed E-state index contributed by atoms with van der Waals surface area (Å²) >= 11 is 0. The minimum absolute atomic E-state index is 0.498. The number of para-hydroxylation sites is 1. The summed E-state index contributed by atoms with van der Waals surface area (Å²) in [5, 5.41) is 3.29. The van der Waals surface area contributed by atoms with Crippen LogP contribution in [0.2, 0.25) is 0 Å². The fourth-order valence-electron chi connectivity index (χ4n) is 2.62. The first kappa shape index (κ1) is 17.2. The predicted octanol–water partition coefficient (Wildman–Crippen LogP) is 1.63. The Morgan fingerprint density at radius 2 is 1.80 bits per heavy atom. The Kier molecular flexibility index (Phi) is 6.24. The molecular formula is C17H25N7O. The zero-order valence-electron chi connectivity index (χ0n) is 14.2. The van der Waals surface area contributed by atoms with Crippen molar-refractivity contribution in [3.05, 3.63) is 36.7 Å². The molecule has 2 heterocycles. The zero-order chi connectivity index (χ0) is 17.3. The molecule has 25 heavy (non-hydrogen) atoms. The molecule has 0 unspecified atom stereocenters. The quantitative estimate of drug-likeness (QED) is 0.424. The van der Waals surface area contributed by atoms with E-state index < -0.39 is 0 Å².